The Kier molecular flexibility index (Phi) is 9.76. The van der Waals surface area contributed by atoms with Crippen LogP contribution >= 0.6 is 0 Å². The number of fused-ring (bicyclic) bond motifs is 2. The molecule has 3 saturated heterocycles. The molecule has 3 fully saturated rings. The number of aliphatic hydroxyl groups excluding tert-OH is 1. The molecule has 4 aromatic carbocycles. The van der Waals surface area contributed by atoms with E-state index in [2.05, 4.69) is 47.6 Å². The van der Waals surface area contributed by atoms with Crippen molar-refractivity contribution in [3.05, 3.63) is 118 Å². The van der Waals surface area contributed by atoms with Crippen molar-refractivity contribution >= 4 is 47.8 Å². The van der Waals surface area contributed by atoms with Crippen LogP contribution in [0.4, 0.5) is 22.7 Å². The predicted octanol–water partition coefficient (Wildman–Crippen LogP) is 5.68. The molecule has 0 aromatic heterocycles. The predicted molar refractivity (Wildman–Crippen MR) is 218 cm³/mol. The first-order valence-corrected chi connectivity index (χ1v) is 22.5. The van der Waals surface area contributed by atoms with Crippen molar-refractivity contribution in [2.75, 3.05) is 48.2 Å². The molecule has 4 aliphatic rings. The number of nitrogens with zero attached hydrogens (tertiary/aromatic N) is 4. The molecule has 2 N–H and O–H groups in total. The summed E-state index contributed by atoms with van der Waals surface area (Å²) in [5, 5.41) is 27.0. The average Bonchev–Trinajstić information content (AvgIpc) is 3.76. The largest absolute Gasteiger partial charge is 0.497 e. The van der Waals surface area contributed by atoms with Gasteiger partial charge in [-0.05, 0) is 85.9 Å². The van der Waals surface area contributed by atoms with E-state index in [1.165, 1.54) is 12.1 Å². The van der Waals surface area contributed by atoms with Gasteiger partial charge in [0.25, 0.3) is 17.5 Å². The molecule has 56 heavy (non-hydrogen) atoms. The Morgan fingerprint density at radius 2 is 1.66 bits per heavy atom. The van der Waals surface area contributed by atoms with E-state index < -0.39 is 30.2 Å². The van der Waals surface area contributed by atoms with Crippen LogP contribution in [0, 0.1) is 16.0 Å². The van der Waals surface area contributed by atoms with Gasteiger partial charge in [0.15, 0.2) is 5.60 Å². The van der Waals surface area contributed by atoms with Crippen LogP contribution in [-0.4, -0.2) is 75.0 Å². The van der Waals surface area contributed by atoms with Crippen molar-refractivity contribution in [1.29, 1.82) is 0 Å². The smallest absolute Gasteiger partial charge is 0.269 e. The van der Waals surface area contributed by atoms with Gasteiger partial charge in [-0.1, -0.05) is 67.7 Å². The monoisotopic (exact) mass is 775 g/mol. The fourth-order valence-electron chi connectivity index (χ4n) is 10.1. The molecule has 2 spiro atoms. The lowest BCUT2D eigenvalue weighted by atomic mass is 9.82. The van der Waals surface area contributed by atoms with Gasteiger partial charge in [0, 0.05) is 41.6 Å². The SMILES string of the molecule is COc1ccc([Si](C)(C)[C@@H]2[C@@H](CCO)O[C@]3(C(=O)N(Cc4cccc(N5CN(c6ccccc6)C6(CCNCC6)C5=O)c4)c4ccc([N+](=O)[O-])cc43)[C@H]2C)cc1. The number of amides is 2. The fourth-order valence-corrected chi connectivity index (χ4v) is 14.2. The molecule has 0 saturated carbocycles. The Bertz CT molecular complexity index is 2140. The van der Waals surface area contributed by atoms with Crippen LogP contribution in [0.1, 0.15) is 37.3 Å². The molecule has 292 valence electrons. The number of para-hydroxylation sites is 1. The Morgan fingerprint density at radius 3 is 2.34 bits per heavy atom. The highest BCUT2D eigenvalue weighted by Crippen LogP contribution is 2.60. The standard InChI is InChI=1S/C43H49N5O7Si/c1-29-39(56(3,4)35-16-14-34(54-2)15-17-35)38(19-24-49)55-43(29)36-26-33(48(52)53)13-18-37(36)45(41(43)51)27-30-9-8-12-32(25-30)46-28-47(31-10-6-5-7-11-31)42(40(46)50)20-22-44-23-21-42/h5-18,25-26,29,38-39,44,49H,19-24,27-28H2,1-4H3/t29-,38+,39-,43+/m0/s1. The number of benzene rings is 4. The highest BCUT2D eigenvalue weighted by molar-refractivity contribution is 6.91. The first kappa shape index (κ1) is 37.8. The summed E-state index contributed by atoms with van der Waals surface area (Å²) in [6.45, 7) is 8.48. The number of carbonyl (C=O) groups is 2. The van der Waals surface area contributed by atoms with Gasteiger partial charge in [-0.2, -0.15) is 0 Å². The number of rotatable bonds is 10. The van der Waals surface area contributed by atoms with Crippen molar-refractivity contribution in [1.82, 2.24) is 5.32 Å². The molecule has 4 aliphatic heterocycles. The minimum absolute atomic E-state index is 0.0617. The van der Waals surface area contributed by atoms with E-state index in [-0.39, 0.29) is 42.1 Å². The average molecular weight is 776 g/mol. The lowest BCUT2D eigenvalue weighted by Gasteiger charge is -2.39. The fraction of sp³-hybridized carbons (Fsp3) is 0.395. The number of nitrogens with one attached hydrogen (secondary N) is 1. The van der Waals surface area contributed by atoms with Crippen LogP contribution in [-0.2, 0) is 26.5 Å². The molecule has 13 heteroatoms. The maximum atomic E-state index is 15.2. The molecular formula is C43H49N5O7Si. The van der Waals surface area contributed by atoms with Crippen molar-refractivity contribution in [2.45, 2.75) is 68.6 Å². The third-order valence-electron chi connectivity index (χ3n) is 12.9. The highest BCUT2D eigenvalue weighted by Gasteiger charge is 2.66. The van der Waals surface area contributed by atoms with Crippen molar-refractivity contribution in [3.63, 3.8) is 0 Å². The first-order chi connectivity index (χ1) is 27.0. The second kappa shape index (κ2) is 14.5. The Balaban J connectivity index is 1.15. The van der Waals surface area contributed by atoms with Gasteiger partial charge in [-0.3, -0.25) is 24.6 Å². The molecular weight excluding hydrogens is 727 g/mol. The van der Waals surface area contributed by atoms with Crippen LogP contribution in [0.25, 0.3) is 0 Å². The lowest BCUT2D eigenvalue weighted by molar-refractivity contribution is -0.385. The number of nitro benzene ring substituents is 1. The van der Waals surface area contributed by atoms with Crippen molar-refractivity contribution in [3.8, 4) is 5.75 Å². The molecule has 4 heterocycles. The number of carbonyl (C=O) groups excluding carboxylic acids is 2. The molecule has 0 radical (unpaired) electrons. The first-order valence-electron chi connectivity index (χ1n) is 19.4. The zero-order valence-corrected chi connectivity index (χ0v) is 33.3. The van der Waals surface area contributed by atoms with E-state index >= 15 is 4.79 Å². The second-order valence-electron chi connectivity index (χ2n) is 16.1. The molecule has 2 amide bonds. The molecule has 4 aromatic rings. The van der Waals surface area contributed by atoms with Gasteiger partial charge in [0.1, 0.15) is 11.3 Å². The number of nitro groups is 1. The summed E-state index contributed by atoms with van der Waals surface area (Å²) in [7, 11) is -0.809. The Labute approximate surface area is 328 Å². The number of aliphatic hydroxyl groups is 1. The van der Waals surface area contributed by atoms with Gasteiger partial charge in [0.05, 0.1) is 45.1 Å². The summed E-state index contributed by atoms with van der Waals surface area (Å²) in [5.74, 6) is 0.154. The molecule has 0 aliphatic carbocycles. The number of hydrogen-bond donors (Lipinski definition) is 2. The highest BCUT2D eigenvalue weighted by atomic mass is 28.3. The van der Waals surface area contributed by atoms with E-state index in [1.54, 1.807) is 18.1 Å². The van der Waals surface area contributed by atoms with Gasteiger partial charge < -0.3 is 29.7 Å². The van der Waals surface area contributed by atoms with Gasteiger partial charge >= 0.3 is 0 Å². The van der Waals surface area contributed by atoms with Crippen LogP contribution in [0.3, 0.4) is 0 Å². The quantitative estimate of drug-likeness (QED) is 0.118. The van der Waals surface area contributed by atoms with E-state index in [4.69, 9.17) is 9.47 Å². The minimum atomic E-state index is -2.44. The zero-order chi connectivity index (χ0) is 39.4. The lowest BCUT2D eigenvalue weighted by Crippen LogP contribution is -2.55. The van der Waals surface area contributed by atoms with Crippen LogP contribution < -0.4 is 29.9 Å². The Morgan fingerprint density at radius 1 is 0.946 bits per heavy atom. The molecule has 4 atom stereocenters. The number of piperidine rings is 1. The van der Waals surface area contributed by atoms with E-state index in [0.29, 0.717) is 37.2 Å². The summed E-state index contributed by atoms with van der Waals surface area (Å²) in [5.41, 5.74) is 1.21. The topological polar surface area (TPSA) is 138 Å². The summed E-state index contributed by atoms with van der Waals surface area (Å²) in [6, 6.07) is 30.5. The number of ether oxygens (including phenoxy) is 2. The second-order valence-corrected chi connectivity index (χ2v) is 20.8. The van der Waals surface area contributed by atoms with Gasteiger partial charge in [0.2, 0.25) is 0 Å². The maximum absolute atomic E-state index is 15.2. The number of non-ortho nitro benzene ring substituents is 1. The van der Waals surface area contributed by atoms with E-state index in [0.717, 1.165) is 41.0 Å². The van der Waals surface area contributed by atoms with Crippen molar-refractivity contribution < 1.29 is 29.1 Å². The van der Waals surface area contributed by atoms with Crippen LogP contribution in [0.2, 0.25) is 18.6 Å². The number of hydrogen-bond acceptors (Lipinski definition) is 9. The Hall–Kier alpha value is -5.08. The number of anilines is 3. The molecule has 8 rings (SSSR count). The summed E-state index contributed by atoms with van der Waals surface area (Å²) >= 11 is 0. The van der Waals surface area contributed by atoms with Gasteiger partial charge in [-0.25, -0.2) is 0 Å². The van der Waals surface area contributed by atoms with Crippen molar-refractivity contribution in [2.24, 2.45) is 5.92 Å². The maximum Gasteiger partial charge on any atom is 0.269 e. The summed E-state index contributed by atoms with van der Waals surface area (Å²) < 4.78 is 12.4. The van der Waals surface area contributed by atoms with Crippen LogP contribution in [0.5, 0.6) is 5.75 Å². The number of methoxy groups -OCH3 is 1. The van der Waals surface area contributed by atoms with Gasteiger partial charge in [-0.15, -0.1) is 0 Å². The minimum Gasteiger partial charge on any atom is -0.497 e. The summed E-state index contributed by atoms with van der Waals surface area (Å²) in [4.78, 5) is 47.2. The third-order valence-corrected chi connectivity index (χ3v) is 17.3. The zero-order valence-electron chi connectivity index (χ0n) is 32.3. The molecule has 12 nitrogen and oxygen atoms in total. The van der Waals surface area contributed by atoms with Crippen LogP contribution in [0.15, 0.2) is 97.1 Å². The molecule has 0 bridgehead atoms. The molecule has 0 unspecified atom stereocenters. The van der Waals surface area contributed by atoms with E-state index in [1.807, 2.05) is 66.4 Å². The van der Waals surface area contributed by atoms with E-state index in [9.17, 15) is 20.0 Å². The summed E-state index contributed by atoms with van der Waals surface area (Å²) in [6.07, 6.45) is 1.25. The normalized spacial score (nSPS) is 24.4. The third kappa shape index (κ3) is 5.90.